The molecule has 0 saturated heterocycles. The fraction of sp³-hybridized carbons (Fsp3) is 1.00. The molecule has 0 N–H and O–H groups in total. The molecule has 76 valence electrons. The minimum Gasteiger partial charge on any atom is -0.759 e. The average molecular weight is 248 g/mol. The van der Waals surface area contributed by atoms with Crippen molar-refractivity contribution >= 4 is 10.4 Å². The van der Waals surface area contributed by atoms with E-state index in [1.807, 2.05) is 13.8 Å². The number of hydrogen-bond acceptors (Lipinski definition) is 7. The Morgan fingerprint density at radius 3 is 1.36 bits per heavy atom. The smallest absolute Gasteiger partial charge is 0.759 e. The van der Waals surface area contributed by atoms with Crippen molar-refractivity contribution in [2.24, 2.45) is 0 Å². The van der Waals surface area contributed by atoms with Gasteiger partial charge in [-0.25, -0.2) is 9.78 Å². The Bertz CT molecular complexity index is 159. The molecule has 0 saturated carbocycles. The first-order chi connectivity index (χ1) is 5.41. The van der Waals surface area contributed by atoms with Crippen LogP contribution < -0.4 is 59.1 Å². The monoisotopic (exact) mass is 248 g/mol. The normalized spacial score (nSPS) is 8.86. The second-order valence-corrected chi connectivity index (χ2v) is 2.11. The summed E-state index contributed by atoms with van der Waals surface area (Å²) < 4.78 is 34.1. The van der Waals surface area contributed by atoms with Crippen molar-refractivity contribution < 1.29 is 91.5 Å². The quantitative estimate of drug-likeness (QED) is 0.121. The van der Waals surface area contributed by atoms with Gasteiger partial charge in [-0.3, -0.25) is 8.42 Å². The van der Waals surface area contributed by atoms with Crippen LogP contribution in [0.1, 0.15) is 13.8 Å². The van der Waals surface area contributed by atoms with Crippen molar-refractivity contribution in [3.8, 4) is 0 Å². The van der Waals surface area contributed by atoms with E-state index < -0.39 is 10.4 Å². The van der Waals surface area contributed by atoms with Gasteiger partial charge in [0.15, 0.2) is 0 Å². The van der Waals surface area contributed by atoms with E-state index in [-0.39, 0.29) is 59.1 Å². The van der Waals surface area contributed by atoms with Crippen LogP contribution in [0.2, 0.25) is 0 Å². The average Bonchev–Trinajstić information content (AvgIpc) is 1.85. The SMILES string of the molecule is CCOOOCC.O=S(=O)([O-])[O-].[Na+].[Na+]. The molecule has 7 nitrogen and oxygen atoms in total. The Balaban J connectivity index is -0.0000000651. The maximum absolute atomic E-state index is 8.52. The maximum Gasteiger partial charge on any atom is 1.00 e. The Morgan fingerprint density at radius 1 is 1.00 bits per heavy atom. The first-order valence-electron chi connectivity index (χ1n) is 2.99. The molecule has 0 aliphatic carbocycles. The van der Waals surface area contributed by atoms with Gasteiger partial charge in [0, 0.05) is 10.4 Å². The molecule has 0 rings (SSSR count). The van der Waals surface area contributed by atoms with E-state index in [9.17, 15) is 0 Å². The third kappa shape index (κ3) is 67.6. The molecule has 0 aliphatic rings. The van der Waals surface area contributed by atoms with E-state index in [0.717, 1.165) is 0 Å². The molecule has 0 heterocycles. The zero-order valence-corrected chi connectivity index (χ0v) is 13.5. The topological polar surface area (TPSA) is 108 Å². The van der Waals surface area contributed by atoms with Gasteiger partial charge in [0.05, 0.1) is 13.2 Å². The Morgan fingerprint density at radius 2 is 1.21 bits per heavy atom. The van der Waals surface area contributed by atoms with Gasteiger partial charge < -0.3 is 9.11 Å². The summed E-state index contributed by atoms with van der Waals surface area (Å²) in [6.07, 6.45) is 0. The van der Waals surface area contributed by atoms with Gasteiger partial charge in [-0.1, -0.05) is 5.04 Å². The second kappa shape index (κ2) is 17.2. The molecule has 0 spiro atoms. The van der Waals surface area contributed by atoms with E-state index in [2.05, 4.69) is 14.8 Å². The number of rotatable bonds is 4. The molecule has 0 fully saturated rings. The molecule has 0 unspecified atom stereocenters. The zero-order valence-electron chi connectivity index (χ0n) is 8.68. The van der Waals surface area contributed by atoms with Crippen LogP contribution in [0.3, 0.4) is 0 Å². The van der Waals surface area contributed by atoms with Crippen LogP contribution in [-0.2, 0) is 25.2 Å². The van der Waals surface area contributed by atoms with Gasteiger partial charge >= 0.3 is 59.1 Å². The molecule has 10 heteroatoms. The van der Waals surface area contributed by atoms with Crippen molar-refractivity contribution in [2.75, 3.05) is 13.2 Å². The van der Waals surface area contributed by atoms with Crippen LogP contribution in [0.4, 0.5) is 0 Å². The minimum atomic E-state index is -5.17. The molecule has 0 radical (unpaired) electrons. The summed E-state index contributed by atoms with van der Waals surface area (Å²) in [5, 5.41) is 4.13. The summed E-state index contributed by atoms with van der Waals surface area (Å²) in [6.45, 7) is 4.66. The molecule has 0 aliphatic heterocycles. The molecule has 0 aromatic rings. The molecule has 0 amide bonds. The van der Waals surface area contributed by atoms with Crippen LogP contribution in [0, 0.1) is 0 Å². The first-order valence-corrected chi connectivity index (χ1v) is 4.32. The predicted octanol–water partition coefficient (Wildman–Crippen LogP) is -6.42. The predicted molar refractivity (Wildman–Crippen MR) is 34.8 cm³/mol. The Labute approximate surface area is 127 Å². The van der Waals surface area contributed by atoms with E-state index in [1.165, 1.54) is 0 Å². The third-order valence-corrected chi connectivity index (χ3v) is 0.332. The molecular weight excluding hydrogens is 238 g/mol. The minimum absolute atomic E-state index is 0. The Kier molecular flexibility index (Phi) is 30.4. The standard InChI is InChI=1S/C4H10O3.2Na.H2O4S/c1-3-5-7-6-4-2;;;1-5(2,3)4/h3-4H2,1-2H3;;;(H2,1,2,3,4)/q;2*+1;/p-2. The van der Waals surface area contributed by atoms with Crippen molar-refractivity contribution in [1.29, 1.82) is 0 Å². The van der Waals surface area contributed by atoms with Gasteiger partial charge in [0.1, 0.15) is 0 Å². The summed E-state index contributed by atoms with van der Waals surface area (Å²) in [4.78, 5) is 8.70. The van der Waals surface area contributed by atoms with Gasteiger partial charge in [-0.15, -0.1) is 0 Å². The van der Waals surface area contributed by atoms with E-state index in [0.29, 0.717) is 13.2 Å². The van der Waals surface area contributed by atoms with E-state index >= 15 is 0 Å². The summed E-state index contributed by atoms with van der Waals surface area (Å²) in [5.41, 5.74) is 0. The van der Waals surface area contributed by atoms with Crippen LogP contribution in [0.5, 0.6) is 0 Å². The van der Waals surface area contributed by atoms with Crippen LogP contribution >= 0.6 is 0 Å². The fourth-order valence-electron chi connectivity index (χ4n) is 0.130. The molecular formula is C4H10Na2O7S. The summed E-state index contributed by atoms with van der Waals surface area (Å²) in [5.74, 6) is 0. The van der Waals surface area contributed by atoms with Crippen LogP contribution in [0.25, 0.3) is 0 Å². The third-order valence-electron chi connectivity index (χ3n) is 0.332. The van der Waals surface area contributed by atoms with Crippen LogP contribution in [0.15, 0.2) is 0 Å². The largest absolute Gasteiger partial charge is 1.00 e. The molecule has 0 atom stereocenters. The van der Waals surface area contributed by atoms with Crippen molar-refractivity contribution in [1.82, 2.24) is 0 Å². The molecule has 0 bridgehead atoms. The summed E-state index contributed by atoms with van der Waals surface area (Å²) in [6, 6.07) is 0. The Hall–Kier alpha value is 1.75. The maximum atomic E-state index is 8.52. The van der Waals surface area contributed by atoms with Crippen molar-refractivity contribution in [2.45, 2.75) is 13.8 Å². The van der Waals surface area contributed by atoms with Crippen molar-refractivity contribution in [3.63, 3.8) is 0 Å². The zero-order chi connectivity index (χ0) is 10.0. The first kappa shape index (κ1) is 24.8. The van der Waals surface area contributed by atoms with Gasteiger partial charge in [-0.05, 0) is 13.8 Å². The summed E-state index contributed by atoms with van der Waals surface area (Å²) in [7, 11) is -5.17. The molecule has 0 aromatic heterocycles. The fourth-order valence-corrected chi connectivity index (χ4v) is 0.130. The van der Waals surface area contributed by atoms with Gasteiger partial charge in [0.25, 0.3) is 0 Å². The number of hydrogen-bond donors (Lipinski definition) is 0. The second-order valence-electron chi connectivity index (χ2n) is 1.29. The van der Waals surface area contributed by atoms with Crippen LogP contribution in [-0.4, -0.2) is 30.7 Å². The van der Waals surface area contributed by atoms with Gasteiger partial charge in [0.2, 0.25) is 0 Å². The molecule has 0 aromatic carbocycles. The molecule has 14 heavy (non-hydrogen) atoms. The van der Waals surface area contributed by atoms with Crippen molar-refractivity contribution in [3.05, 3.63) is 0 Å². The van der Waals surface area contributed by atoms with E-state index in [4.69, 9.17) is 17.5 Å². The van der Waals surface area contributed by atoms with E-state index in [1.54, 1.807) is 0 Å². The van der Waals surface area contributed by atoms with Gasteiger partial charge in [-0.2, -0.15) is 0 Å². The summed E-state index contributed by atoms with van der Waals surface area (Å²) >= 11 is 0.